The zero-order valence-electron chi connectivity index (χ0n) is 14.5. The Morgan fingerprint density at radius 2 is 1.71 bits per heavy atom. The first-order valence-electron chi connectivity index (χ1n) is 7.77. The van der Waals surface area contributed by atoms with Crippen LogP contribution in [-0.2, 0) is 16.0 Å². The topological polar surface area (TPSA) is 94.1 Å². The number of carbonyl (C=O) groups is 2. The van der Waals surface area contributed by atoms with Crippen LogP contribution in [0.2, 0.25) is 0 Å². The van der Waals surface area contributed by atoms with Crippen molar-refractivity contribution in [2.75, 3.05) is 21.3 Å². The van der Waals surface area contributed by atoms with Gasteiger partial charge >= 0.3 is 5.97 Å². The molecule has 1 atom stereocenters. The second kappa shape index (κ2) is 9.64. The lowest BCUT2D eigenvalue weighted by molar-refractivity contribution is -0.142. The summed E-state index contributed by atoms with van der Waals surface area (Å²) in [6.45, 7) is 1.87. The third-order valence-corrected chi connectivity index (χ3v) is 3.58. The number of carboxylic acid groups (broad SMARTS) is 1. The van der Waals surface area contributed by atoms with E-state index in [9.17, 15) is 9.59 Å². The van der Waals surface area contributed by atoms with Gasteiger partial charge in [0.2, 0.25) is 11.7 Å². The molecule has 0 aliphatic rings. The lowest BCUT2D eigenvalue weighted by Gasteiger charge is -2.15. The maximum atomic E-state index is 12.0. The molecule has 0 saturated heterocycles. The van der Waals surface area contributed by atoms with E-state index in [1.165, 1.54) is 21.3 Å². The van der Waals surface area contributed by atoms with Gasteiger partial charge in [0.05, 0.1) is 21.3 Å². The number of carboxylic acids is 1. The van der Waals surface area contributed by atoms with Crippen LogP contribution in [0.4, 0.5) is 0 Å². The third-order valence-electron chi connectivity index (χ3n) is 3.58. The summed E-state index contributed by atoms with van der Waals surface area (Å²) < 4.78 is 15.8. The Hall–Kier alpha value is -2.44. The summed E-state index contributed by atoms with van der Waals surface area (Å²) in [5.74, 6) is 0.202. The molecule has 0 radical (unpaired) electrons. The Bertz CT molecular complexity index is 547. The van der Waals surface area contributed by atoms with E-state index in [4.69, 9.17) is 19.3 Å². The molecule has 0 heterocycles. The number of amides is 1. The smallest absolute Gasteiger partial charge is 0.326 e. The van der Waals surface area contributed by atoms with Gasteiger partial charge in [-0.25, -0.2) is 4.79 Å². The molecule has 1 amide bonds. The summed E-state index contributed by atoms with van der Waals surface area (Å²) >= 11 is 0. The van der Waals surface area contributed by atoms with Gasteiger partial charge in [-0.2, -0.15) is 0 Å². The fourth-order valence-electron chi connectivity index (χ4n) is 2.35. The molecule has 134 valence electrons. The molecular weight excluding hydrogens is 314 g/mol. The van der Waals surface area contributed by atoms with E-state index in [1.54, 1.807) is 12.1 Å². The average Bonchev–Trinajstić information content (AvgIpc) is 2.58. The summed E-state index contributed by atoms with van der Waals surface area (Å²) in [4.78, 5) is 23.1. The first kappa shape index (κ1) is 19.6. The summed E-state index contributed by atoms with van der Waals surface area (Å²) in [6, 6.07) is 2.70. The van der Waals surface area contributed by atoms with E-state index >= 15 is 0 Å². The number of methoxy groups -OCH3 is 3. The van der Waals surface area contributed by atoms with Crippen molar-refractivity contribution in [2.45, 2.75) is 38.6 Å². The molecule has 0 aliphatic carbocycles. The molecule has 0 fully saturated rings. The summed E-state index contributed by atoms with van der Waals surface area (Å²) in [7, 11) is 4.57. The molecule has 0 saturated carbocycles. The van der Waals surface area contributed by atoms with Crippen LogP contribution in [0, 0.1) is 0 Å². The number of rotatable bonds is 10. The van der Waals surface area contributed by atoms with Crippen molar-refractivity contribution < 1.29 is 28.9 Å². The van der Waals surface area contributed by atoms with Gasteiger partial charge in [-0.1, -0.05) is 13.3 Å². The maximum Gasteiger partial charge on any atom is 0.326 e. The Kier molecular flexibility index (Phi) is 7.88. The molecule has 24 heavy (non-hydrogen) atoms. The number of hydrogen-bond acceptors (Lipinski definition) is 5. The molecule has 1 aromatic carbocycles. The predicted octanol–water partition coefficient (Wildman–Crippen LogP) is 2.01. The lowest BCUT2D eigenvalue weighted by atomic mass is 10.1. The standard InChI is InChI=1S/C17H25NO6/c1-5-6-12(17(20)21)18-15(19)8-7-11-9-13(22-2)16(24-4)14(10-11)23-3/h9-10,12H,5-8H2,1-4H3,(H,18,19)(H,20,21). The largest absolute Gasteiger partial charge is 0.493 e. The van der Waals surface area contributed by atoms with Gasteiger partial charge < -0.3 is 24.6 Å². The molecule has 2 N–H and O–H groups in total. The van der Waals surface area contributed by atoms with E-state index in [2.05, 4.69) is 5.32 Å². The molecule has 0 aliphatic heterocycles. The minimum atomic E-state index is -1.02. The molecule has 7 nitrogen and oxygen atoms in total. The fraction of sp³-hybridized carbons (Fsp3) is 0.529. The summed E-state index contributed by atoms with van der Waals surface area (Å²) in [5.41, 5.74) is 0.835. The van der Waals surface area contributed by atoms with Crippen molar-refractivity contribution in [3.63, 3.8) is 0 Å². The van der Waals surface area contributed by atoms with Gasteiger partial charge in [0.15, 0.2) is 11.5 Å². The third kappa shape index (κ3) is 5.33. The van der Waals surface area contributed by atoms with Crippen molar-refractivity contribution in [2.24, 2.45) is 0 Å². The van der Waals surface area contributed by atoms with Crippen LogP contribution in [-0.4, -0.2) is 44.4 Å². The highest BCUT2D eigenvalue weighted by Gasteiger charge is 2.19. The number of benzene rings is 1. The Morgan fingerprint density at radius 3 is 2.12 bits per heavy atom. The number of aryl methyl sites for hydroxylation is 1. The Balaban J connectivity index is 2.76. The van der Waals surface area contributed by atoms with E-state index in [0.717, 1.165) is 5.56 Å². The molecule has 0 bridgehead atoms. The minimum Gasteiger partial charge on any atom is -0.493 e. The molecule has 1 rings (SSSR count). The first-order chi connectivity index (χ1) is 11.5. The van der Waals surface area contributed by atoms with E-state index in [1.807, 2.05) is 6.92 Å². The molecular formula is C17H25NO6. The van der Waals surface area contributed by atoms with Crippen molar-refractivity contribution in [1.29, 1.82) is 0 Å². The van der Waals surface area contributed by atoms with Crippen molar-refractivity contribution in [1.82, 2.24) is 5.32 Å². The van der Waals surface area contributed by atoms with Gasteiger partial charge in [0.1, 0.15) is 6.04 Å². The molecule has 1 unspecified atom stereocenters. The first-order valence-corrected chi connectivity index (χ1v) is 7.77. The summed E-state index contributed by atoms with van der Waals surface area (Å²) in [5, 5.41) is 11.6. The van der Waals surface area contributed by atoms with Gasteiger partial charge in [0, 0.05) is 6.42 Å². The molecule has 0 aromatic heterocycles. The average molecular weight is 339 g/mol. The minimum absolute atomic E-state index is 0.173. The number of ether oxygens (including phenoxy) is 3. The zero-order valence-corrected chi connectivity index (χ0v) is 14.5. The van der Waals surface area contributed by atoms with Gasteiger partial charge in [0.25, 0.3) is 0 Å². The second-order valence-electron chi connectivity index (χ2n) is 5.28. The number of nitrogens with one attached hydrogen (secondary N) is 1. The zero-order chi connectivity index (χ0) is 18.1. The highest BCUT2D eigenvalue weighted by molar-refractivity contribution is 5.83. The van der Waals surface area contributed by atoms with Crippen molar-refractivity contribution >= 4 is 11.9 Å². The van der Waals surface area contributed by atoms with E-state index in [0.29, 0.717) is 36.5 Å². The monoisotopic (exact) mass is 339 g/mol. The SMILES string of the molecule is CCCC(NC(=O)CCc1cc(OC)c(OC)c(OC)c1)C(=O)O. The number of hydrogen-bond donors (Lipinski definition) is 2. The van der Waals surface area contributed by atoms with Crippen LogP contribution in [0.15, 0.2) is 12.1 Å². The highest BCUT2D eigenvalue weighted by atomic mass is 16.5. The van der Waals surface area contributed by atoms with Gasteiger partial charge in [-0.05, 0) is 30.5 Å². The van der Waals surface area contributed by atoms with Crippen LogP contribution >= 0.6 is 0 Å². The molecule has 1 aromatic rings. The van der Waals surface area contributed by atoms with Crippen LogP contribution in [0.1, 0.15) is 31.7 Å². The van der Waals surface area contributed by atoms with Crippen molar-refractivity contribution in [3.8, 4) is 17.2 Å². The fourth-order valence-corrected chi connectivity index (χ4v) is 2.35. The van der Waals surface area contributed by atoms with Crippen LogP contribution in [0.5, 0.6) is 17.2 Å². The Morgan fingerprint density at radius 1 is 1.12 bits per heavy atom. The number of carbonyl (C=O) groups excluding carboxylic acids is 1. The van der Waals surface area contributed by atoms with Crippen LogP contribution in [0.25, 0.3) is 0 Å². The Labute approximate surface area is 141 Å². The van der Waals surface area contributed by atoms with Crippen molar-refractivity contribution in [3.05, 3.63) is 17.7 Å². The molecule has 7 heteroatoms. The summed E-state index contributed by atoms with van der Waals surface area (Å²) in [6.07, 6.45) is 1.70. The normalized spacial score (nSPS) is 11.5. The number of aliphatic carboxylic acids is 1. The lowest BCUT2D eigenvalue weighted by Crippen LogP contribution is -2.40. The highest BCUT2D eigenvalue weighted by Crippen LogP contribution is 2.38. The van der Waals surface area contributed by atoms with E-state index < -0.39 is 12.0 Å². The van der Waals surface area contributed by atoms with Crippen LogP contribution < -0.4 is 19.5 Å². The second-order valence-corrected chi connectivity index (χ2v) is 5.28. The molecule has 0 spiro atoms. The predicted molar refractivity (Wildman–Crippen MR) is 88.9 cm³/mol. The van der Waals surface area contributed by atoms with Crippen LogP contribution in [0.3, 0.4) is 0 Å². The maximum absolute atomic E-state index is 12.0. The van der Waals surface area contributed by atoms with E-state index in [-0.39, 0.29) is 12.3 Å². The van der Waals surface area contributed by atoms with Gasteiger partial charge in [-0.3, -0.25) is 4.79 Å². The quantitative estimate of drug-likeness (QED) is 0.677. The van der Waals surface area contributed by atoms with Gasteiger partial charge in [-0.15, -0.1) is 0 Å².